The summed E-state index contributed by atoms with van der Waals surface area (Å²) in [5.74, 6) is -0.0827. The van der Waals surface area contributed by atoms with Gasteiger partial charge in [0, 0.05) is 23.2 Å². The number of nitrogens with zero attached hydrogens (tertiary/aromatic N) is 1. The van der Waals surface area contributed by atoms with E-state index >= 15 is 0 Å². The minimum atomic E-state index is -0.549. The van der Waals surface area contributed by atoms with E-state index in [2.05, 4.69) is 5.32 Å². The van der Waals surface area contributed by atoms with E-state index in [1.54, 1.807) is 18.2 Å². The van der Waals surface area contributed by atoms with E-state index < -0.39 is 10.8 Å². The number of nitro benzene ring substituents is 1. The number of nitro groups is 1. The molecule has 3 aromatic rings. The van der Waals surface area contributed by atoms with Crippen molar-refractivity contribution in [2.24, 2.45) is 0 Å². The second kappa shape index (κ2) is 6.44. The summed E-state index contributed by atoms with van der Waals surface area (Å²) >= 11 is 0. The number of methoxy groups -OCH3 is 1. The maximum absolute atomic E-state index is 12.4. The van der Waals surface area contributed by atoms with Gasteiger partial charge in [-0.2, -0.15) is 0 Å². The van der Waals surface area contributed by atoms with E-state index in [-0.39, 0.29) is 16.8 Å². The zero-order valence-electron chi connectivity index (χ0n) is 13.1. The van der Waals surface area contributed by atoms with E-state index in [0.717, 1.165) is 0 Å². The molecule has 0 saturated carbocycles. The molecule has 0 aliphatic rings. The Balaban J connectivity index is 1.93. The van der Waals surface area contributed by atoms with Gasteiger partial charge < -0.3 is 14.5 Å². The summed E-state index contributed by atoms with van der Waals surface area (Å²) in [6, 6.07) is 12.1. The van der Waals surface area contributed by atoms with Crippen LogP contribution >= 0.6 is 0 Å². The van der Waals surface area contributed by atoms with Crippen LogP contribution in [0.4, 0.5) is 11.4 Å². The van der Waals surface area contributed by atoms with Crippen LogP contribution in [0.5, 0.6) is 5.75 Å². The molecule has 0 aliphatic carbocycles. The van der Waals surface area contributed by atoms with E-state index in [4.69, 9.17) is 14.6 Å². The summed E-state index contributed by atoms with van der Waals surface area (Å²) in [6.07, 6.45) is 0. The first-order valence-corrected chi connectivity index (χ1v) is 7.21. The predicted octanol–water partition coefficient (Wildman–Crippen LogP) is 3.08. The summed E-state index contributed by atoms with van der Waals surface area (Å²) in [7, 11) is 1.49. The maximum Gasteiger partial charge on any atom is 0.269 e. The number of hydrogen-bond donors (Lipinski definition) is 2. The fraction of sp³-hybridized carbons (Fsp3) is 0.0588. The standard InChI is InChI=1S/C17H13N3O5/c1-24-14-4-2-3-10-9-13(16(18)25-15(10)14)17(21)19-11-5-7-12(8-6-11)20(22)23/h2-9,18H,1H3,(H,19,21). The van der Waals surface area contributed by atoms with Gasteiger partial charge in [-0.3, -0.25) is 20.3 Å². The lowest BCUT2D eigenvalue weighted by molar-refractivity contribution is -0.384. The molecule has 0 saturated heterocycles. The van der Waals surface area contributed by atoms with Crippen molar-refractivity contribution in [1.82, 2.24) is 0 Å². The van der Waals surface area contributed by atoms with Crippen molar-refractivity contribution in [2.75, 3.05) is 12.4 Å². The highest BCUT2D eigenvalue weighted by atomic mass is 16.6. The van der Waals surface area contributed by atoms with Crippen LogP contribution in [0.3, 0.4) is 0 Å². The predicted molar refractivity (Wildman–Crippen MR) is 89.7 cm³/mol. The molecule has 0 spiro atoms. The minimum absolute atomic E-state index is 0.0408. The number of para-hydroxylation sites is 1. The third kappa shape index (κ3) is 3.18. The number of fused-ring (bicyclic) bond motifs is 1. The smallest absolute Gasteiger partial charge is 0.269 e. The van der Waals surface area contributed by atoms with Gasteiger partial charge in [0.1, 0.15) is 5.56 Å². The van der Waals surface area contributed by atoms with Crippen LogP contribution in [-0.4, -0.2) is 17.9 Å². The number of hydrogen-bond acceptors (Lipinski definition) is 6. The molecule has 8 nitrogen and oxygen atoms in total. The summed E-state index contributed by atoms with van der Waals surface area (Å²) < 4.78 is 10.6. The molecule has 8 heteroatoms. The highest BCUT2D eigenvalue weighted by molar-refractivity contribution is 6.05. The fourth-order valence-corrected chi connectivity index (χ4v) is 2.33. The minimum Gasteiger partial charge on any atom is -0.493 e. The number of ether oxygens (including phenoxy) is 1. The lowest BCUT2D eigenvalue weighted by atomic mass is 10.1. The summed E-state index contributed by atoms with van der Waals surface area (Å²) in [5.41, 5.74) is 0.408. The van der Waals surface area contributed by atoms with Gasteiger partial charge in [0.05, 0.1) is 12.0 Å². The third-order valence-corrected chi connectivity index (χ3v) is 3.56. The maximum atomic E-state index is 12.4. The number of non-ortho nitro benzene ring substituents is 1. The molecule has 1 aromatic heterocycles. The number of amides is 1. The Labute approximate surface area is 141 Å². The molecule has 0 unspecified atom stereocenters. The lowest BCUT2D eigenvalue weighted by Gasteiger charge is -2.08. The molecule has 0 fully saturated rings. The molecular weight excluding hydrogens is 326 g/mol. The SMILES string of the molecule is COc1cccc2cc(C(=O)Nc3ccc([N+](=O)[O-])cc3)c(=N)oc12. The van der Waals surface area contributed by atoms with Gasteiger partial charge in [-0.1, -0.05) is 12.1 Å². The van der Waals surface area contributed by atoms with Crippen LogP contribution < -0.4 is 15.6 Å². The largest absolute Gasteiger partial charge is 0.493 e. The first kappa shape index (κ1) is 16.2. The average Bonchev–Trinajstić information content (AvgIpc) is 2.61. The number of nitrogens with one attached hydrogen (secondary N) is 2. The number of anilines is 1. The number of carbonyl (C=O) groups excluding carboxylic acids is 1. The molecule has 0 radical (unpaired) electrons. The Morgan fingerprint density at radius 3 is 2.60 bits per heavy atom. The number of benzene rings is 2. The topological polar surface area (TPSA) is 118 Å². The quantitative estimate of drug-likeness (QED) is 0.559. The molecule has 0 atom stereocenters. The fourth-order valence-electron chi connectivity index (χ4n) is 2.33. The Kier molecular flexibility index (Phi) is 4.17. The van der Waals surface area contributed by atoms with E-state index in [1.807, 2.05) is 0 Å². The molecule has 1 amide bonds. The van der Waals surface area contributed by atoms with Crippen LogP contribution in [0.15, 0.2) is 52.9 Å². The molecule has 1 heterocycles. The number of carbonyl (C=O) groups is 1. The molecule has 3 rings (SSSR count). The summed E-state index contributed by atoms with van der Waals surface area (Å²) in [6.45, 7) is 0. The highest BCUT2D eigenvalue weighted by Crippen LogP contribution is 2.24. The molecular formula is C17H13N3O5. The Morgan fingerprint density at radius 2 is 1.96 bits per heavy atom. The van der Waals surface area contributed by atoms with E-state index in [0.29, 0.717) is 22.4 Å². The van der Waals surface area contributed by atoms with E-state index in [1.165, 1.54) is 37.4 Å². The van der Waals surface area contributed by atoms with Crippen molar-refractivity contribution in [3.63, 3.8) is 0 Å². The zero-order valence-corrected chi connectivity index (χ0v) is 13.1. The zero-order chi connectivity index (χ0) is 18.0. The molecule has 0 aliphatic heterocycles. The van der Waals surface area contributed by atoms with Gasteiger partial charge in [-0.05, 0) is 24.3 Å². The van der Waals surface area contributed by atoms with Crippen LogP contribution in [0.2, 0.25) is 0 Å². The Hall–Kier alpha value is -3.68. The monoisotopic (exact) mass is 339 g/mol. The molecule has 2 N–H and O–H groups in total. The summed E-state index contributed by atoms with van der Waals surface area (Å²) in [4.78, 5) is 22.5. The van der Waals surface area contributed by atoms with E-state index in [9.17, 15) is 14.9 Å². The molecule has 0 bridgehead atoms. The van der Waals surface area contributed by atoms with Gasteiger partial charge in [0.15, 0.2) is 11.3 Å². The van der Waals surface area contributed by atoms with Crippen LogP contribution in [0.25, 0.3) is 11.0 Å². The van der Waals surface area contributed by atoms with Gasteiger partial charge in [0.2, 0.25) is 5.55 Å². The molecule has 25 heavy (non-hydrogen) atoms. The van der Waals surface area contributed by atoms with Crippen molar-refractivity contribution in [2.45, 2.75) is 0 Å². The van der Waals surface area contributed by atoms with Crippen LogP contribution in [0.1, 0.15) is 10.4 Å². The normalized spacial score (nSPS) is 10.4. The number of rotatable bonds is 4. The van der Waals surface area contributed by atoms with Crippen molar-refractivity contribution in [3.8, 4) is 5.75 Å². The highest BCUT2D eigenvalue weighted by Gasteiger charge is 2.14. The van der Waals surface area contributed by atoms with Crippen molar-refractivity contribution in [1.29, 1.82) is 5.41 Å². The van der Waals surface area contributed by atoms with Crippen molar-refractivity contribution in [3.05, 3.63) is 69.8 Å². The second-order valence-corrected chi connectivity index (χ2v) is 5.13. The van der Waals surface area contributed by atoms with Gasteiger partial charge in [-0.15, -0.1) is 0 Å². The first-order chi connectivity index (χ1) is 12.0. The third-order valence-electron chi connectivity index (χ3n) is 3.56. The van der Waals surface area contributed by atoms with Crippen LogP contribution in [-0.2, 0) is 0 Å². The van der Waals surface area contributed by atoms with Gasteiger partial charge in [-0.25, -0.2) is 0 Å². The van der Waals surface area contributed by atoms with Gasteiger partial charge in [0.25, 0.3) is 11.6 Å². The average molecular weight is 339 g/mol. The van der Waals surface area contributed by atoms with Crippen molar-refractivity contribution < 1.29 is 18.9 Å². The summed E-state index contributed by atoms with van der Waals surface area (Å²) in [5, 5.41) is 21.8. The second-order valence-electron chi connectivity index (χ2n) is 5.13. The first-order valence-electron chi connectivity index (χ1n) is 7.21. The molecule has 2 aromatic carbocycles. The molecule has 126 valence electrons. The van der Waals surface area contributed by atoms with Crippen molar-refractivity contribution >= 4 is 28.3 Å². The Morgan fingerprint density at radius 1 is 1.24 bits per heavy atom. The lowest BCUT2D eigenvalue weighted by Crippen LogP contribution is -2.20. The Bertz CT molecular complexity index is 1020. The van der Waals surface area contributed by atoms with Gasteiger partial charge >= 0.3 is 0 Å². The van der Waals surface area contributed by atoms with Crippen LogP contribution in [0, 0.1) is 15.5 Å².